The van der Waals surface area contributed by atoms with Gasteiger partial charge in [0, 0.05) is 6.92 Å². The van der Waals surface area contributed by atoms with Crippen molar-refractivity contribution in [2.24, 2.45) is 0 Å². The van der Waals surface area contributed by atoms with Crippen LogP contribution in [-0.2, 0) is 19.0 Å². The molecule has 0 N–H and O–H groups in total. The van der Waals surface area contributed by atoms with Crippen LogP contribution in [0.1, 0.15) is 20.3 Å². The highest BCUT2D eigenvalue weighted by Gasteiger charge is 2.57. The van der Waals surface area contributed by atoms with Crippen LogP contribution >= 0.6 is 0 Å². The van der Waals surface area contributed by atoms with Gasteiger partial charge in [0.05, 0.1) is 13.2 Å². The van der Waals surface area contributed by atoms with Crippen LogP contribution < -0.4 is 0 Å². The Kier molecular flexibility index (Phi) is 2.04. The standard InChI is InChI=1S/C9H14O4/c1-3-9-5-11-7(4-12-9)8(9)13-6(2)10/h7-8H,3-5H2,1-2H3/t7-,8-,9-/m0/s1. The van der Waals surface area contributed by atoms with Crippen molar-refractivity contribution in [1.82, 2.24) is 0 Å². The van der Waals surface area contributed by atoms with E-state index < -0.39 is 0 Å². The summed E-state index contributed by atoms with van der Waals surface area (Å²) >= 11 is 0. The molecule has 2 aliphatic rings. The highest BCUT2D eigenvalue weighted by atomic mass is 16.7. The monoisotopic (exact) mass is 186 g/mol. The molecule has 2 saturated heterocycles. The summed E-state index contributed by atoms with van der Waals surface area (Å²) in [5.41, 5.74) is -0.365. The van der Waals surface area contributed by atoms with Gasteiger partial charge in [0.2, 0.25) is 0 Å². The summed E-state index contributed by atoms with van der Waals surface area (Å²) < 4.78 is 16.3. The molecule has 0 radical (unpaired) electrons. The van der Waals surface area contributed by atoms with Crippen LogP contribution in [0, 0.1) is 0 Å². The molecule has 0 amide bonds. The van der Waals surface area contributed by atoms with Gasteiger partial charge in [0.25, 0.3) is 0 Å². The van der Waals surface area contributed by atoms with E-state index in [0.717, 1.165) is 6.42 Å². The van der Waals surface area contributed by atoms with Gasteiger partial charge >= 0.3 is 5.97 Å². The molecule has 0 unspecified atom stereocenters. The Morgan fingerprint density at radius 1 is 1.69 bits per heavy atom. The number of hydrogen-bond acceptors (Lipinski definition) is 4. The number of fused-ring (bicyclic) bond motifs is 2. The van der Waals surface area contributed by atoms with Gasteiger partial charge in [-0.25, -0.2) is 0 Å². The highest BCUT2D eigenvalue weighted by Crippen LogP contribution is 2.40. The second-order valence-electron chi connectivity index (χ2n) is 3.61. The molecule has 3 atom stereocenters. The minimum absolute atomic E-state index is 0.0520. The van der Waals surface area contributed by atoms with Gasteiger partial charge in [-0.1, -0.05) is 6.92 Å². The maximum Gasteiger partial charge on any atom is 0.303 e. The molecule has 2 aliphatic heterocycles. The van der Waals surface area contributed by atoms with Crippen LogP contribution in [0.5, 0.6) is 0 Å². The molecule has 0 aliphatic carbocycles. The van der Waals surface area contributed by atoms with E-state index in [4.69, 9.17) is 14.2 Å². The predicted molar refractivity (Wildman–Crippen MR) is 44.3 cm³/mol. The van der Waals surface area contributed by atoms with Crippen LogP contribution in [0.4, 0.5) is 0 Å². The molecule has 0 aromatic heterocycles. The fourth-order valence-corrected chi connectivity index (χ4v) is 2.03. The number of carbonyl (C=O) groups is 1. The quantitative estimate of drug-likeness (QED) is 0.589. The third kappa shape index (κ3) is 1.25. The minimum Gasteiger partial charge on any atom is -0.456 e. The summed E-state index contributed by atoms with van der Waals surface area (Å²) in [5.74, 6) is -0.260. The first-order valence-electron chi connectivity index (χ1n) is 4.61. The minimum atomic E-state index is -0.365. The van der Waals surface area contributed by atoms with Crippen molar-refractivity contribution in [2.75, 3.05) is 13.2 Å². The number of carbonyl (C=O) groups excluding carboxylic acids is 1. The Morgan fingerprint density at radius 2 is 2.46 bits per heavy atom. The molecule has 2 heterocycles. The molecule has 2 fully saturated rings. The highest BCUT2D eigenvalue weighted by molar-refractivity contribution is 5.66. The van der Waals surface area contributed by atoms with Crippen molar-refractivity contribution in [1.29, 1.82) is 0 Å². The van der Waals surface area contributed by atoms with Crippen LogP contribution in [0.25, 0.3) is 0 Å². The third-order valence-corrected chi connectivity index (χ3v) is 2.82. The van der Waals surface area contributed by atoms with Gasteiger partial charge in [-0.05, 0) is 6.42 Å². The van der Waals surface area contributed by atoms with E-state index in [1.54, 1.807) is 0 Å². The number of hydrogen-bond donors (Lipinski definition) is 0. The van der Waals surface area contributed by atoms with Crippen molar-refractivity contribution in [2.45, 2.75) is 38.1 Å². The zero-order valence-electron chi connectivity index (χ0n) is 7.91. The van der Waals surface area contributed by atoms with Crippen LogP contribution in [-0.4, -0.2) is 37.0 Å². The van der Waals surface area contributed by atoms with Gasteiger partial charge in [-0.2, -0.15) is 0 Å². The van der Waals surface area contributed by atoms with Gasteiger partial charge in [-0.15, -0.1) is 0 Å². The molecule has 4 heteroatoms. The average molecular weight is 186 g/mol. The summed E-state index contributed by atoms with van der Waals surface area (Å²) in [6.45, 7) is 4.53. The van der Waals surface area contributed by atoms with Crippen LogP contribution in [0.2, 0.25) is 0 Å². The fourth-order valence-electron chi connectivity index (χ4n) is 2.03. The van der Waals surface area contributed by atoms with Crippen LogP contribution in [0.15, 0.2) is 0 Å². The van der Waals surface area contributed by atoms with E-state index in [0.29, 0.717) is 13.2 Å². The summed E-state index contributed by atoms with van der Waals surface area (Å²) in [6.07, 6.45) is 0.570. The lowest BCUT2D eigenvalue weighted by atomic mass is 9.96. The van der Waals surface area contributed by atoms with E-state index in [-0.39, 0.29) is 23.8 Å². The van der Waals surface area contributed by atoms with E-state index in [2.05, 4.69) is 0 Å². The first-order valence-corrected chi connectivity index (χ1v) is 4.61. The maximum atomic E-state index is 10.8. The summed E-state index contributed by atoms with van der Waals surface area (Å²) in [5, 5.41) is 0. The summed E-state index contributed by atoms with van der Waals surface area (Å²) in [6, 6.07) is 0. The van der Waals surface area contributed by atoms with E-state index in [1.165, 1.54) is 6.92 Å². The third-order valence-electron chi connectivity index (χ3n) is 2.82. The Hall–Kier alpha value is -0.610. The van der Waals surface area contributed by atoms with Crippen molar-refractivity contribution in [3.8, 4) is 0 Å². The lowest BCUT2D eigenvalue weighted by Crippen LogP contribution is -2.41. The van der Waals surface area contributed by atoms with E-state index in [9.17, 15) is 4.79 Å². The zero-order valence-corrected chi connectivity index (χ0v) is 7.91. The number of rotatable bonds is 2. The lowest BCUT2D eigenvalue weighted by molar-refractivity contribution is -0.154. The average Bonchev–Trinajstić information content (AvgIpc) is 2.61. The molecule has 13 heavy (non-hydrogen) atoms. The fraction of sp³-hybridized carbons (Fsp3) is 0.889. The van der Waals surface area contributed by atoms with Gasteiger partial charge in [0.1, 0.15) is 11.7 Å². The van der Waals surface area contributed by atoms with Gasteiger partial charge in [-0.3, -0.25) is 4.79 Å². The molecule has 0 saturated carbocycles. The number of esters is 1. The van der Waals surface area contributed by atoms with E-state index >= 15 is 0 Å². The first kappa shape index (κ1) is 8.97. The molecular formula is C9H14O4. The number of ether oxygens (including phenoxy) is 3. The first-order chi connectivity index (χ1) is 6.18. The normalized spacial score (nSPS) is 42.3. The molecule has 0 aromatic carbocycles. The molecule has 2 rings (SSSR count). The molecule has 4 nitrogen and oxygen atoms in total. The molecule has 2 bridgehead atoms. The second kappa shape index (κ2) is 2.96. The molecule has 0 spiro atoms. The largest absolute Gasteiger partial charge is 0.456 e. The van der Waals surface area contributed by atoms with Gasteiger partial charge < -0.3 is 14.2 Å². The smallest absolute Gasteiger partial charge is 0.303 e. The summed E-state index contributed by atoms with van der Waals surface area (Å²) in [7, 11) is 0. The van der Waals surface area contributed by atoms with E-state index in [1.807, 2.05) is 6.92 Å². The Morgan fingerprint density at radius 3 is 2.92 bits per heavy atom. The lowest BCUT2D eigenvalue weighted by Gasteiger charge is -2.26. The zero-order chi connectivity index (χ0) is 9.47. The SMILES string of the molecule is CC[C@@]12CO[C@@H](CO1)[C@@H]2OC(C)=O. The topological polar surface area (TPSA) is 44.8 Å². The van der Waals surface area contributed by atoms with Crippen molar-refractivity contribution < 1.29 is 19.0 Å². The maximum absolute atomic E-state index is 10.8. The predicted octanol–water partition coefficient (Wildman–Crippen LogP) is 0.496. The Bertz CT molecular complexity index is 218. The Labute approximate surface area is 77.1 Å². The summed E-state index contributed by atoms with van der Waals surface area (Å²) in [4.78, 5) is 10.8. The molecular weight excluding hydrogens is 172 g/mol. The van der Waals surface area contributed by atoms with Crippen molar-refractivity contribution in [3.63, 3.8) is 0 Å². The second-order valence-corrected chi connectivity index (χ2v) is 3.61. The van der Waals surface area contributed by atoms with Crippen molar-refractivity contribution in [3.05, 3.63) is 0 Å². The van der Waals surface area contributed by atoms with Gasteiger partial charge in [0.15, 0.2) is 6.10 Å². The molecule has 74 valence electrons. The van der Waals surface area contributed by atoms with Crippen LogP contribution in [0.3, 0.4) is 0 Å². The molecule has 0 aromatic rings. The Balaban J connectivity index is 2.13. The van der Waals surface area contributed by atoms with Crippen molar-refractivity contribution >= 4 is 5.97 Å².